The minimum absolute atomic E-state index is 0.0170. The van der Waals surface area contributed by atoms with Gasteiger partial charge in [-0.2, -0.15) is 0 Å². The lowest BCUT2D eigenvalue weighted by atomic mass is 9.88. The Hall–Kier alpha value is 1.49. The Morgan fingerprint density at radius 1 is 0.458 bits per heavy atom. The molecule has 4 atom stereocenters. The van der Waals surface area contributed by atoms with E-state index < -0.39 is 122 Å². The van der Waals surface area contributed by atoms with Crippen molar-refractivity contribution in [3.8, 4) is 0 Å². The van der Waals surface area contributed by atoms with Crippen molar-refractivity contribution in [3.05, 3.63) is 12.7 Å². The Bertz CT molecular complexity index is 1430. The minimum Gasteiger partial charge on any atom is -0.463 e. The molecule has 0 radical (unpaired) electrons. The largest absolute Gasteiger partial charge is 0.463 e. The molecule has 0 saturated carbocycles. The van der Waals surface area contributed by atoms with E-state index in [1.807, 2.05) is 0 Å². The summed E-state index contributed by atoms with van der Waals surface area (Å²) in [6.07, 6.45) is 0.179. The van der Waals surface area contributed by atoms with E-state index in [1.165, 1.54) is 6.08 Å². The normalized spacial score (nSPS) is 14.9. The first kappa shape index (κ1) is 60.5. The zero-order chi connectivity index (χ0) is 46.2. The van der Waals surface area contributed by atoms with Crippen LogP contribution in [-0.4, -0.2) is 105 Å². The van der Waals surface area contributed by atoms with Crippen LogP contribution in [0, 0.1) is 17.8 Å². The van der Waals surface area contributed by atoms with Gasteiger partial charge in [-0.1, -0.05) is 198 Å². The molecule has 59 heavy (non-hydrogen) atoms. The number of ether oxygens (including phenoxy) is 6. The quantitative estimate of drug-likeness (QED) is 0.0297. The van der Waals surface area contributed by atoms with E-state index in [4.69, 9.17) is 226 Å². The Balaban J connectivity index is 6.05. The fourth-order valence-electron chi connectivity index (χ4n) is 4.44. The number of halogens is 17. The first-order valence-electron chi connectivity index (χ1n) is 15.9. The molecule has 0 fully saturated rings. The first-order valence-corrected chi connectivity index (χ1v) is 22.4. The Morgan fingerprint density at radius 2 is 0.797 bits per heavy atom. The molecule has 0 amide bonds. The van der Waals surface area contributed by atoms with Crippen molar-refractivity contribution in [1.82, 2.24) is 0 Å². The summed E-state index contributed by atoms with van der Waals surface area (Å²) >= 11 is 98.5. The van der Waals surface area contributed by atoms with Gasteiger partial charge in [0, 0.05) is 0 Å². The zero-order valence-corrected chi connectivity index (χ0v) is 42.3. The van der Waals surface area contributed by atoms with Gasteiger partial charge in [0.15, 0.2) is 0 Å². The van der Waals surface area contributed by atoms with Crippen LogP contribution >= 0.6 is 197 Å². The number of hydrogen-bond donors (Lipinski definition) is 0. The average molecular weight is 1190 g/mol. The van der Waals surface area contributed by atoms with Crippen molar-refractivity contribution in [1.29, 1.82) is 0 Å². The minimum atomic E-state index is -2.47. The molecule has 0 aliphatic heterocycles. The van der Waals surface area contributed by atoms with Crippen molar-refractivity contribution in [2.75, 3.05) is 39.6 Å². The summed E-state index contributed by atoms with van der Waals surface area (Å²) in [4.78, 5) is 74.1. The van der Waals surface area contributed by atoms with E-state index in [0.29, 0.717) is 0 Å². The van der Waals surface area contributed by atoms with Crippen molar-refractivity contribution >= 4 is 233 Å². The molecule has 0 aromatic heterocycles. The van der Waals surface area contributed by atoms with Crippen LogP contribution in [0.15, 0.2) is 12.7 Å². The number of carbonyl (C=O) groups is 6. The lowest BCUT2D eigenvalue weighted by Crippen LogP contribution is -2.35. The van der Waals surface area contributed by atoms with Gasteiger partial charge in [-0.25, -0.2) is 28.8 Å². The van der Waals surface area contributed by atoms with Gasteiger partial charge in [0.2, 0.25) is 8.67 Å². The first-order chi connectivity index (χ1) is 26.6. The third-order valence-electron chi connectivity index (χ3n) is 6.94. The third kappa shape index (κ3) is 26.3. The zero-order valence-electron chi connectivity index (χ0n) is 29.4. The molecule has 29 heteroatoms. The molecule has 12 nitrogen and oxygen atoms in total. The molecule has 0 rings (SSSR count). The Kier molecular flexibility index (Phi) is 27.9. The molecular weight excluding hydrogens is 1160 g/mol. The highest BCUT2D eigenvalue weighted by atomic mass is 35.6. The van der Waals surface area contributed by atoms with E-state index in [9.17, 15) is 28.8 Å². The molecule has 0 aromatic carbocycles. The summed E-state index contributed by atoms with van der Waals surface area (Å²) in [6.45, 7) is 0.823. The second-order valence-corrected chi connectivity index (χ2v) is 24.7. The fourth-order valence-corrected chi connectivity index (χ4v) is 6.50. The van der Waals surface area contributed by atoms with Gasteiger partial charge in [0.1, 0.15) is 13.2 Å². The van der Waals surface area contributed by atoms with Crippen LogP contribution in [0.5, 0.6) is 0 Å². The van der Waals surface area contributed by atoms with Gasteiger partial charge in [0.25, 0.3) is 15.2 Å². The summed E-state index contributed by atoms with van der Waals surface area (Å²) in [5, 5.41) is -1.04. The van der Waals surface area contributed by atoms with Gasteiger partial charge in [0.05, 0.1) is 31.8 Å². The summed E-state index contributed by atoms with van der Waals surface area (Å²) in [7, 11) is 0. The van der Waals surface area contributed by atoms with Crippen molar-refractivity contribution in [2.24, 2.45) is 17.8 Å². The second kappa shape index (κ2) is 27.2. The lowest BCUT2D eigenvalue weighted by Gasteiger charge is -2.28. The summed E-state index contributed by atoms with van der Waals surface area (Å²) in [5.74, 6) is -9.89. The maximum absolute atomic E-state index is 13.1. The molecule has 4 unspecified atom stereocenters. The van der Waals surface area contributed by atoms with Crippen molar-refractivity contribution in [2.45, 2.75) is 67.7 Å². The smallest absolute Gasteiger partial charge is 0.358 e. The van der Waals surface area contributed by atoms with E-state index in [0.717, 1.165) is 0 Å². The Labute approximate surface area is 423 Å². The second-order valence-electron chi connectivity index (χ2n) is 12.0. The average Bonchev–Trinajstić information content (AvgIpc) is 3.08. The van der Waals surface area contributed by atoms with E-state index in [1.54, 1.807) is 0 Å². The molecule has 342 valence electrons. The molecule has 0 N–H and O–H groups in total. The van der Waals surface area contributed by atoms with Gasteiger partial charge < -0.3 is 28.4 Å². The maximum Gasteiger partial charge on any atom is 0.358 e. The molecule has 0 spiro atoms. The molecule has 0 aromatic rings. The van der Waals surface area contributed by atoms with Crippen LogP contribution in [0.3, 0.4) is 0 Å². The monoisotopic (exact) mass is 1180 g/mol. The number of rotatable bonds is 24. The molecule has 0 bridgehead atoms. The maximum atomic E-state index is 13.1. The summed E-state index contributed by atoms with van der Waals surface area (Å²) in [6, 6.07) is 0. The molecule has 0 aliphatic rings. The van der Waals surface area contributed by atoms with Crippen LogP contribution in [-0.2, 0) is 57.2 Å². The van der Waals surface area contributed by atoms with Gasteiger partial charge in [-0.3, -0.25) is 0 Å². The predicted molar refractivity (Wildman–Crippen MR) is 234 cm³/mol. The summed E-state index contributed by atoms with van der Waals surface area (Å²) < 4.78 is 16.0. The Morgan fingerprint density at radius 3 is 1.17 bits per heavy atom. The highest BCUT2D eigenvalue weighted by Gasteiger charge is 2.43. The number of alkyl halides is 17. The SMILES string of the molecule is C=CCOC(=O)C(Cl)(Cl)CC(COC(=O)C(Cl)(Cl)Cl)CC(CCCOC(=O)C(Cl)(Cl)CC(COC(=O)C(Cl)(Cl)Cl)CC(Cl)COC(=O)C(Cl)(Cl)Cl)COC(=O)C(Cl)(Cl)Cl. The van der Waals surface area contributed by atoms with Crippen molar-refractivity contribution < 1.29 is 57.2 Å². The van der Waals surface area contributed by atoms with Gasteiger partial charge in [-0.15, -0.1) is 11.6 Å². The van der Waals surface area contributed by atoms with Crippen LogP contribution in [0.1, 0.15) is 38.5 Å². The number of hydrogen-bond acceptors (Lipinski definition) is 12. The molecule has 0 saturated heterocycles. The van der Waals surface area contributed by atoms with Gasteiger partial charge in [-0.05, 0) is 56.3 Å². The lowest BCUT2D eigenvalue weighted by molar-refractivity contribution is -0.147. The van der Waals surface area contributed by atoms with E-state index in [2.05, 4.69) is 6.58 Å². The van der Waals surface area contributed by atoms with Crippen LogP contribution < -0.4 is 0 Å². The van der Waals surface area contributed by atoms with E-state index in [-0.39, 0.29) is 38.9 Å². The van der Waals surface area contributed by atoms with Crippen LogP contribution in [0.25, 0.3) is 0 Å². The van der Waals surface area contributed by atoms with Gasteiger partial charge >= 0.3 is 35.8 Å². The molecular formula is C30H31Cl17O12. The highest BCUT2D eigenvalue weighted by Crippen LogP contribution is 2.38. The highest BCUT2D eigenvalue weighted by molar-refractivity contribution is 6.77. The topological polar surface area (TPSA) is 158 Å². The number of esters is 6. The number of carbonyl (C=O) groups excluding carboxylic acids is 6. The predicted octanol–water partition coefficient (Wildman–Crippen LogP) is 11.1. The van der Waals surface area contributed by atoms with Crippen LogP contribution in [0.2, 0.25) is 0 Å². The third-order valence-corrected chi connectivity index (χ3v) is 10.3. The summed E-state index contributed by atoms with van der Waals surface area (Å²) in [5.41, 5.74) is 0. The van der Waals surface area contributed by atoms with E-state index >= 15 is 0 Å². The standard InChI is InChI=1S/C30H31Cl17O12/c1-2-5-54-19(48)25(32,33)9-16(12-57-22(51)28(39,40)41)7-15(11-56-21(50)27(36,37)38)4-3-6-55-20(49)26(34,35)10-17(13-58-23(52)29(42,43)44)8-18(31)14-59-24(53)30(45,46)47/h2,15-18H,1,3-14H2. The van der Waals surface area contributed by atoms with Crippen molar-refractivity contribution in [3.63, 3.8) is 0 Å². The molecule has 0 aliphatic carbocycles. The fraction of sp³-hybridized carbons (Fsp3) is 0.733. The molecule has 0 heterocycles. The van der Waals surface area contributed by atoms with Crippen LogP contribution in [0.4, 0.5) is 0 Å².